The second-order valence-corrected chi connectivity index (χ2v) is 4.75. The molecule has 2 nitrogen and oxygen atoms in total. The van der Waals surface area contributed by atoms with Crippen molar-refractivity contribution in [1.29, 1.82) is 0 Å². The SMILES string of the molecule is CC(C)(CCN)Cc1ccncc1Cl. The molecule has 0 saturated carbocycles. The molecule has 0 bridgehead atoms. The lowest BCUT2D eigenvalue weighted by Gasteiger charge is -2.24. The van der Waals surface area contributed by atoms with Crippen molar-refractivity contribution in [2.24, 2.45) is 11.1 Å². The Morgan fingerprint density at radius 2 is 2.21 bits per heavy atom. The minimum absolute atomic E-state index is 0.208. The number of aromatic nitrogens is 1. The third-order valence-electron chi connectivity index (χ3n) is 2.35. The van der Waals surface area contributed by atoms with Crippen molar-refractivity contribution >= 4 is 11.6 Å². The predicted molar refractivity (Wildman–Crippen MR) is 60.4 cm³/mol. The van der Waals surface area contributed by atoms with Crippen LogP contribution >= 0.6 is 11.6 Å². The van der Waals surface area contributed by atoms with Gasteiger partial charge in [0.25, 0.3) is 0 Å². The summed E-state index contributed by atoms with van der Waals surface area (Å²) in [6, 6.07) is 1.97. The van der Waals surface area contributed by atoms with Crippen molar-refractivity contribution in [1.82, 2.24) is 4.98 Å². The molecule has 0 aliphatic carbocycles. The van der Waals surface area contributed by atoms with Crippen LogP contribution in [-0.2, 0) is 6.42 Å². The molecular formula is C11H17ClN2. The number of hydrogen-bond acceptors (Lipinski definition) is 2. The summed E-state index contributed by atoms with van der Waals surface area (Å²) in [5.41, 5.74) is 6.92. The van der Waals surface area contributed by atoms with E-state index in [0.29, 0.717) is 0 Å². The van der Waals surface area contributed by atoms with E-state index in [1.54, 1.807) is 12.4 Å². The van der Waals surface area contributed by atoms with E-state index in [1.807, 2.05) is 6.07 Å². The van der Waals surface area contributed by atoms with E-state index in [2.05, 4.69) is 18.8 Å². The van der Waals surface area contributed by atoms with Crippen molar-refractivity contribution in [3.05, 3.63) is 29.0 Å². The molecule has 0 radical (unpaired) electrons. The lowest BCUT2D eigenvalue weighted by Crippen LogP contribution is -2.19. The molecule has 1 aromatic rings. The van der Waals surface area contributed by atoms with Gasteiger partial charge in [0.1, 0.15) is 0 Å². The number of nitrogens with zero attached hydrogens (tertiary/aromatic N) is 1. The number of hydrogen-bond donors (Lipinski definition) is 1. The van der Waals surface area contributed by atoms with Gasteiger partial charge in [-0.2, -0.15) is 0 Å². The molecule has 78 valence electrons. The Hall–Kier alpha value is -0.600. The summed E-state index contributed by atoms with van der Waals surface area (Å²) in [5.74, 6) is 0. The molecule has 2 N–H and O–H groups in total. The zero-order valence-corrected chi connectivity index (χ0v) is 9.51. The average Bonchev–Trinajstić information content (AvgIpc) is 2.08. The van der Waals surface area contributed by atoms with E-state index < -0.39 is 0 Å². The third-order valence-corrected chi connectivity index (χ3v) is 2.69. The van der Waals surface area contributed by atoms with Gasteiger partial charge in [-0.1, -0.05) is 25.4 Å². The lowest BCUT2D eigenvalue weighted by atomic mass is 9.83. The highest BCUT2D eigenvalue weighted by atomic mass is 35.5. The van der Waals surface area contributed by atoms with Gasteiger partial charge in [0, 0.05) is 12.4 Å². The molecule has 0 spiro atoms. The topological polar surface area (TPSA) is 38.9 Å². The van der Waals surface area contributed by atoms with Crippen LogP contribution in [-0.4, -0.2) is 11.5 Å². The molecule has 0 fully saturated rings. The number of pyridine rings is 1. The molecule has 0 saturated heterocycles. The van der Waals surface area contributed by atoms with Gasteiger partial charge in [-0.15, -0.1) is 0 Å². The minimum Gasteiger partial charge on any atom is -0.330 e. The van der Waals surface area contributed by atoms with Crippen molar-refractivity contribution in [2.75, 3.05) is 6.54 Å². The summed E-state index contributed by atoms with van der Waals surface area (Å²) < 4.78 is 0. The van der Waals surface area contributed by atoms with Gasteiger partial charge in [0.2, 0.25) is 0 Å². The fourth-order valence-electron chi connectivity index (χ4n) is 1.54. The first-order chi connectivity index (χ1) is 6.55. The monoisotopic (exact) mass is 212 g/mol. The summed E-state index contributed by atoms with van der Waals surface area (Å²) in [6.45, 7) is 5.13. The zero-order valence-electron chi connectivity index (χ0n) is 8.76. The normalized spacial score (nSPS) is 11.7. The van der Waals surface area contributed by atoms with E-state index in [9.17, 15) is 0 Å². The Bertz CT molecular complexity index is 297. The van der Waals surface area contributed by atoms with E-state index in [0.717, 1.165) is 30.0 Å². The molecule has 0 aliphatic rings. The number of halogens is 1. The Labute approximate surface area is 90.5 Å². The first-order valence-corrected chi connectivity index (χ1v) is 5.21. The van der Waals surface area contributed by atoms with Gasteiger partial charge >= 0.3 is 0 Å². The molecule has 0 atom stereocenters. The Kier molecular flexibility index (Phi) is 3.90. The van der Waals surface area contributed by atoms with E-state index in [-0.39, 0.29) is 5.41 Å². The zero-order chi connectivity index (χ0) is 10.6. The predicted octanol–water partition coefficient (Wildman–Crippen LogP) is 2.65. The Morgan fingerprint density at radius 1 is 1.50 bits per heavy atom. The van der Waals surface area contributed by atoms with E-state index in [1.165, 1.54) is 0 Å². The largest absolute Gasteiger partial charge is 0.330 e. The van der Waals surface area contributed by atoms with Gasteiger partial charge in [0.15, 0.2) is 0 Å². The summed E-state index contributed by atoms with van der Waals surface area (Å²) >= 11 is 6.04. The molecule has 0 aromatic carbocycles. The summed E-state index contributed by atoms with van der Waals surface area (Å²) in [7, 11) is 0. The highest BCUT2D eigenvalue weighted by molar-refractivity contribution is 6.31. The smallest absolute Gasteiger partial charge is 0.0621 e. The fraction of sp³-hybridized carbons (Fsp3) is 0.545. The van der Waals surface area contributed by atoms with Crippen LogP contribution in [0.1, 0.15) is 25.8 Å². The molecule has 0 unspecified atom stereocenters. The fourth-order valence-corrected chi connectivity index (χ4v) is 1.73. The summed E-state index contributed by atoms with van der Waals surface area (Å²) in [4.78, 5) is 3.96. The second kappa shape index (κ2) is 4.76. The van der Waals surface area contributed by atoms with Gasteiger partial charge in [-0.25, -0.2) is 0 Å². The van der Waals surface area contributed by atoms with Crippen LogP contribution < -0.4 is 5.73 Å². The van der Waals surface area contributed by atoms with Crippen LogP contribution in [0.2, 0.25) is 5.02 Å². The molecule has 0 amide bonds. The Morgan fingerprint density at radius 3 is 2.79 bits per heavy atom. The molecule has 1 aromatic heterocycles. The third kappa shape index (κ3) is 3.28. The quantitative estimate of drug-likeness (QED) is 0.834. The molecule has 14 heavy (non-hydrogen) atoms. The maximum atomic E-state index is 6.04. The van der Waals surface area contributed by atoms with Crippen LogP contribution in [0.25, 0.3) is 0 Å². The van der Waals surface area contributed by atoms with Gasteiger partial charge < -0.3 is 5.73 Å². The first-order valence-electron chi connectivity index (χ1n) is 4.83. The maximum absolute atomic E-state index is 6.04. The molecule has 0 aliphatic heterocycles. The standard InChI is InChI=1S/C11H17ClN2/c1-11(2,4-5-13)7-9-3-6-14-8-10(9)12/h3,6,8H,4-5,7,13H2,1-2H3. The van der Waals surface area contributed by atoms with E-state index >= 15 is 0 Å². The van der Waals surface area contributed by atoms with Crippen molar-refractivity contribution in [2.45, 2.75) is 26.7 Å². The highest BCUT2D eigenvalue weighted by Crippen LogP contribution is 2.28. The van der Waals surface area contributed by atoms with Crippen LogP contribution in [0, 0.1) is 5.41 Å². The minimum atomic E-state index is 0.208. The maximum Gasteiger partial charge on any atom is 0.0621 e. The van der Waals surface area contributed by atoms with Gasteiger partial charge in [0.05, 0.1) is 5.02 Å². The molecular weight excluding hydrogens is 196 g/mol. The van der Waals surface area contributed by atoms with Gasteiger partial charge in [-0.3, -0.25) is 4.98 Å². The Balaban J connectivity index is 2.73. The summed E-state index contributed by atoms with van der Waals surface area (Å²) in [5, 5.41) is 0.748. The van der Waals surface area contributed by atoms with Crippen molar-refractivity contribution < 1.29 is 0 Å². The van der Waals surface area contributed by atoms with E-state index in [4.69, 9.17) is 17.3 Å². The highest BCUT2D eigenvalue weighted by Gasteiger charge is 2.18. The van der Waals surface area contributed by atoms with Crippen LogP contribution in [0.15, 0.2) is 18.5 Å². The average molecular weight is 213 g/mol. The number of nitrogens with two attached hydrogens (primary N) is 1. The van der Waals surface area contributed by atoms with Crippen molar-refractivity contribution in [3.63, 3.8) is 0 Å². The molecule has 3 heteroatoms. The molecule has 1 heterocycles. The van der Waals surface area contributed by atoms with Crippen LogP contribution in [0.3, 0.4) is 0 Å². The molecule has 1 rings (SSSR count). The first kappa shape index (κ1) is 11.5. The van der Waals surface area contributed by atoms with Crippen LogP contribution in [0.5, 0.6) is 0 Å². The number of rotatable bonds is 4. The van der Waals surface area contributed by atoms with Gasteiger partial charge in [-0.05, 0) is 36.4 Å². The summed E-state index contributed by atoms with van der Waals surface area (Å²) in [6.07, 6.45) is 5.42. The lowest BCUT2D eigenvalue weighted by molar-refractivity contribution is 0.339. The second-order valence-electron chi connectivity index (χ2n) is 4.35. The van der Waals surface area contributed by atoms with Crippen LogP contribution in [0.4, 0.5) is 0 Å². The van der Waals surface area contributed by atoms with Crippen molar-refractivity contribution in [3.8, 4) is 0 Å².